The van der Waals surface area contributed by atoms with Crippen molar-refractivity contribution in [2.45, 2.75) is 46.0 Å². The van der Waals surface area contributed by atoms with E-state index in [0.29, 0.717) is 34.8 Å². The van der Waals surface area contributed by atoms with E-state index in [1.54, 1.807) is 29.2 Å². The van der Waals surface area contributed by atoms with Gasteiger partial charge in [0.1, 0.15) is 0 Å². The maximum atomic E-state index is 13.4. The number of halogens is 1. The van der Waals surface area contributed by atoms with Gasteiger partial charge in [0.05, 0.1) is 10.6 Å². The number of ketones is 1. The molecule has 0 saturated heterocycles. The molecule has 160 valence electrons. The quantitative estimate of drug-likeness (QED) is 0.453. The molecule has 2 aromatic carbocycles. The van der Waals surface area contributed by atoms with Gasteiger partial charge in [0.2, 0.25) is 5.91 Å². The molecule has 0 aromatic heterocycles. The molecule has 1 aliphatic carbocycles. The number of anilines is 1. The van der Waals surface area contributed by atoms with E-state index in [2.05, 4.69) is 0 Å². The lowest BCUT2D eigenvalue weighted by Crippen LogP contribution is -2.44. The summed E-state index contributed by atoms with van der Waals surface area (Å²) in [5.41, 5.74) is 3.37. The first-order valence-electron chi connectivity index (χ1n) is 10.2. The van der Waals surface area contributed by atoms with Crippen LogP contribution in [-0.2, 0) is 9.59 Å². The molecule has 0 spiro atoms. The number of allylic oxidation sites excluding steroid dienone is 2. The monoisotopic (exact) mass is 438 g/mol. The summed E-state index contributed by atoms with van der Waals surface area (Å²) in [5, 5.41) is 11.5. The Morgan fingerprint density at radius 3 is 2.42 bits per heavy atom. The summed E-state index contributed by atoms with van der Waals surface area (Å²) in [6, 6.07) is 11.5. The van der Waals surface area contributed by atoms with Gasteiger partial charge in [0, 0.05) is 47.2 Å². The minimum Gasteiger partial charge on any atom is -0.294 e. The van der Waals surface area contributed by atoms with Crippen LogP contribution in [0.25, 0.3) is 0 Å². The molecule has 0 radical (unpaired) electrons. The largest absolute Gasteiger partial charge is 0.294 e. The summed E-state index contributed by atoms with van der Waals surface area (Å²) >= 11 is 6.23. The number of benzene rings is 2. The second kappa shape index (κ2) is 7.61. The van der Waals surface area contributed by atoms with Crippen LogP contribution in [0.3, 0.4) is 0 Å². The van der Waals surface area contributed by atoms with E-state index >= 15 is 0 Å². The molecule has 1 amide bonds. The number of nitrogens with zero attached hydrogens (tertiary/aromatic N) is 2. The Labute approximate surface area is 185 Å². The number of hydrogen-bond acceptors (Lipinski definition) is 4. The Balaban J connectivity index is 1.89. The van der Waals surface area contributed by atoms with Crippen LogP contribution >= 0.6 is 11.6 Å². The van der Waals surface area contributed by atoms with Crippen LogP contribution in [0.1, 0.15) is 50.2 Å². The molecule has 31 heavy (non-hydrogen) atoms. The van der Waals surface area contributed by atoms with Crippen molar-refractivity contribution in [2.24, 2.45) is 5.41 Å². The SMILES string of the molecule is Cc1ccc(Cl)cc1N1C(=O)CC(c2ccc([N+](=O)[O-])cc2)C2=C1CC(C)(C)CC2=O. The van der Waals surface area contributed by atoms with Crippen molar-refractivity contribution in [1.82, 2.24) is 0 Å². The summed E-state index contributed by atoms with van der Waals surface area (Å²) in [6.07, 6.45) is 1.09. The van der Waals surface area contributed by atoms with Gasteiger partial charge >= 0.3 is 0 Å². The third kappa shape index (κ3) is 3.88. The lowest BCUT2D eigenvalue weighted by molar-refractivity contribution is -0.384. The molecule has 0 fully saturated rings. The van der Waals surface area contributed by atoms with Gasteiger partial charge in [-0.3, -0.25) is 24.6 Å². The van der Waals surface area contributed by atoms with Gasteiger partial charge < -0.3 is 0 Å². The summed E-state index contributed by atoms with van der Waals surface area (Å²) in [4.78, 5) is 39.0. The topological polar surface area (TPSA) is 80.5 Å². The van der Waals surface area contributed by atoms with Crippen molar-refractivity contribution in [3.05, 3.63) is 80.0 Å². The molecule has 0 bridgehead atoms. The van der Waals surface area contributed by atoms with Crippen molar-refractivity contribution in [3.8, 4) is 0 Å². The zero-order chi connectivity index (χ0) is 22.5. The number of carbonyl (C=O) groups excluding carboxylic acids is 2. The number of non-ortho nitro benzene ring substituents is 1. The van der Waals surface area contributed by atoms with Gasteiger partial charge in [0.15, 0.2) is 5.78 Å². The number of nitro benzene ring substituents is 1. The molecular formula is C24H23ClN2O4. The zero-order valence-corrected chi connectivity index (χ0v) is 18.4. The fourth-order valence-corrected chi connectivity index (χ4v) is 4.80. The van der Waals surface area contributed by atoms with Crippen molar-refractivity contribution >= 4 is 34.7 Å². The second-order valence-electron chi connectivity index (χ2n) is 9.07. The van der Waals surface area contributed by atoms with Gasteiger partial charge in [-0.05, 0) is 42.0 Å². The first kappa shape index (κ1) is 21.2. The van der Waals surface area contributed by atoms with Crippen LogP contribution in [0.2, 0.25) is 5.02 Å². The van der Waals surface area contributed by atoms with Crippen molar-refractivity contribution < 1.29 is 14.5 Å². The highest BCUT2D eigenvalue weighted by atomic mass is 35.5. The predicted octanol–water partition coefficient (Wildman–Crippen LogP) is 5.72. The van der Waals surface area contributed by atoms with Gasteiger partial charge in [-0.15, -0.1) is 0 Å². The fourth-order valence-electron chi connectivity index (χ4n) is 4.63. The molecule has 1 heterocycles. The first-order valence-corrected chi connectivity index (χ1v) is 10.5. The van der Waals surface area contributed by atoms with Gasteiger partial charge in [0.25, 0.3) is 5.69 Å². The standard InChI is InChI=1S/C24H23ClN2O4/c1-14-4-7-16(25)10-19(14)26-20-12-24(2,3)13-21(28)23(20)18(11-22(26)29)15-5-8-17(9-6-15)27(30)31/h4-10,18H,11-13H2,1-3H3. The highest BCUT2D eigenvalue weighted by molar-refractivity contribution is 6.31. The molecular weight excluding hydrogens is 416 g/mol. The molecule has 1 unspecified atom stereocenters. The Kier molecular flexibility index (Phi) is 5.21. The number of rotatable bonds is 3. The van der Waals surface area contributed by atoms with Crippen LogP contribution in [0, 0.1) is 22.5 Å². The summed E-state index contributed by atoms with van der Waals surface area (Å²) < 4.78 is 0. The normalized spacial score (nSPS) is 20.6. The second-order valence-corrected chi connectivity index (χ2v) is 9.50. The van der Waals surface area contributed by atoms with E-state index in [1.165, 1.54) is 12.1 Å². The Morgan fingerprint density at radius 2 is 1.77 bits per heavy atom. The Hall–Kier alpha value is -2.99. The van der Waals surface area contributed by atoms with E-state index < -0.39 is 10.8 Å². The zero-order valence-electron chi connectivity index (χ0n) is 17.6. The van der Waals surface area contributed by atoms with Gasteiger partial charge in [-0.1, -0.05) is 43.6 Å². The fraction of sp³-hybridized carbons (Fsp3) is 0.333. The van der Waals surface area contributed by atoms with Crippen molar-refractivity contribution in [2.75, 3.05) is 4.90 Å². The van der Waals surface area contributed by atoms with E-state index in [9.17, 15) is 19.7 Å². The van der Waals surface area contributed by atoms with Crippen LogP contribution in [0.15, 0.2) is 53.7 Å². The maximum absolute atomic E-state index is 13.4. The Bertz CT molecular complexity index is 1130. The van der Waals surface area contributed by atoms with Crippen LogP contribution in [0.5, 0.6) is 0 Å². The highest BCUT2D eigenvalue weighted by Crippen LogP contribution is 2.48. The third-order valence-corrected chi connectivity index (χ3v) is 6.30. The highest BCUT2D eigenvalue weighted by Gasteiger charge is 2.44. The lowest BCUT2D eigenvalue weighted by atomic mass is 9.69. The molecule has 4 rings (SSSR count). The molecule has 1 aliphatic heterocycles. The van der Waals surface area contributed by atoms with Crippen LogP contribution in [-0.4, -0.2) is 16.6 Å². The molecule has 0 N–H and O–H groups in total. The van der Waals surface area contributed by atoms with Crippen molar-refractivity contribution in [1.29, 1.82) is 0 Å². The minimum atomic E-state index is -0.460. The summed E-state index contributed by atoms with van der Waals surface area (Å²) in [5.74, 6) is -0.507. The number of aryl methyl sites for hydroxylation is 1. The number of Topliss-reactive ketones (excluding diaryl/α,β-unsaturated/α-hetero) is 1. The minimum absolute atomic E-state index is 0.0202. The number of amides is 1. The number of nitro groups is 1. The first-order chi connectivity index (χ1) is 14.6. The van der Waals surface area contributed by atoms with E-state index in [0.717, 1.165) is 11.1 Å². The summed E-state index contributed by atoms with van der Waals surface area (Å²) in [7, 11) is 0. The smallest absolute Gasteiger partial charge is 0.269 e. The van der Waals surface area contributed by atoms with Crippen LogP contribution in [0.4, 0.5) is 11.4 Å². The van der Waals surface area contributed by atoms with Crippen molar-refractivity contribution in [3.63, 3.8) is 0 Å². The molecule has 0 saturated carbocycles. The summed E-state index contributed by atoms with van der Waals surface area (Å²) in [6.45, 7) is 5.96. The van der Waals surface area contributed by atoms with Gasteiger partial charge in [-0.25, -0.2) is 0 Å². The number of carbonyl (C=O) groups is 2. The van der Waals surface area contributed by atoms with E-state index in [1.807, 2.05) is 26.8 Å². The maximum Gasteiger partial charge on any atom is 0.269 e. The van der Waals surface area contributed by atoms with Crippen LogP contribution < -0.4 is 4.90 Å². The molecule has 7 heteroatoms. The van der Waals surface area contributed by atoms with Gasteiger partial charge in [-0.2, -0.15) is 0 Å². The lowest BCUT2D eigenvalue weighted by Gasteiger charge is -2.43. The molecule has 2 aliphatic rings. The Morgan fingerprint density at radius 1 is 1.10 bits per heavy atom. The van der Waals surface area contributed by atoms with E-state index in [-0.39, 0.29) is 29.2 Å². The molecule has 6 nitrogen and oxygen atoms in total. The molecule has 2 aromatic rings. The number of hydrogen-bond donors (Lipinski definition) is 0. The predicted molar refractivity (Wildman–Crippen MR) is 119 cm³/mol. The molecule has 1 atom stereocenters. The average molecular weight is 439 g/mol. The van der Waals surface area contributed by atoms with E-state index in [4.69, 9.17) is 11.6 Å². The average Bonchev–Trinajstić information content (AvgIpc) is 2.68. The third-order valence-electron chi connectivity index (χ3n) is 6.06.